The number of anilines is 1. The van der Waals surface area contributed by atoms with E-state index in [2.05, 4.69) is 4.72 Å². The Hall–Kier alpha value is -1.62. The molecule has 150 valence electrons. The molecule has 10 heteroatoms. The lowest BCUT2D eigenvalue weighted by Crippen LogP contribution is -2.30. The normalized spacial score (nSPS) is 12.5. The second-order valence-corrected chi connectivity index (χ2v) is 10.7. The molecule has 0 saturated heterocycles. The van der Waals surface area contributed by atoms with Gasteiger partial charge in [-0.3, -0.25) is 4.72 Å². The Morgan fingerprint density at radius 2 is 1.78 bits per heavy atom. The zero-order valence-corrected chi connectivity index (χ0v) is 18.1. The molecular formula is C17H24N2O5S3. The molecule has 0 bridgehead atoms. The Morgan fingerprint density at radius 1 is 1.11 bits per heavy atom. The highest BCUT2D eigenvalue weighted by Gasteiger charge is 2.25. The summed E-state index contributed by atoms with van der Waals surface area (Å²) in [5.41, 5.74) is 0.0883. The van der Waals surface area contributed by atoms with Crippen LogP contribution in [0.25, 0.3) is 0 Å². The Bertz CT molecular complexity index is 964. The van der Waals surface area contributed by atoms with Gasteiger partial charge >= 0.3 is 0 Å². The van der Waals surface area contributed by atoms with Crippen LogP contribution < -0.4 is 9.46 Å². The van der Waals surface area contributed by atoms with Gasteiger partial charge in [0.15, 0.2) is 0 Å². The molecule has 0 atom stereocenters. The van der Waals surface area contributed by atoms with Crippen molar-refractivity contribution in [2.75, 3.05) is 17.8 Å². The Morgan fingerprint density at radius 3 is 2.30 bits per heavy atom. The summed E-state index contributed by atoms with van der Waals surface area (Å²) in [6.45, 7) is 7.74. The predicted octanol–water partition coefficient (Wildman–Crippen LogP) is 3.37. The molecule has 2 rings (SSSR count). The van der Waals surface area contributed by atoms with Crippen molar-refractivity contribution in [3.05, 3.63) is 35.7 Å². The van der Waals surface area contributed by atoms with E-state index in [1.807, 2.05) is 0 Å². The summed E-state index contributed by atoms with van der Waals surface area (Å²) in [7, 11) is -7.57. The summed E-state index contributed by atoms with van der Waals surface area (Å²) in [6.07, 6.45) is -0.208. The maximum absolute atomic E-state index is 12.8. The highest BCUT2D eigenvalue weighted by Crippen LogP contribution is 2.32. The molecule has 0 radical (unpaired) electrons. The molecule has 0 saturated carbocycles. The monoisotopic (exact) mass is 432 g/mol. The lowest BCUT2D eigenvalue weighted by atomic mass is 10.3. The molecular weight excluding hydrogens is 408 g/mol. The van der Waals surface area contributed by atoms with Crippen molar-refractivity contribution < 1.29 is 21.6 Å². The fourth-order valence-corrected chi connectivity index (χ4v) is 5.97. The Balaban J connectivity index is 2.52. The molecule has 1 aromatic carbocycles. The van der Waals surface area contributed by atoms with Crippen LogP contribution in [-0.4, -0.2) is 40.3 Å². The van der Waals surface area contributed by atoms with E-state index < -0.39 is 20.0 Å². The predicted molar refractivity (Wildman–Crippen MR) is 107 cm³/mol. The molecule has 27 heavy (non-hydrogen) atoms. The van der Waals surface area contributed by atoms with Gasteiger partial charge in [-0.05, 0) is 43.5 Å². The first-order valence-electron chi connectivity index (χ1n) is 8.49. The van der Waals surface area contributed by atoms with Gasteiger partial charge in [0.2, 0.25) is 10.0 Å². The van der Waals surface area contributed by atoms with E-state index in [1.54, 1.807) is 39.1 Å². The van der Waals surface area contributed by atoms with Gasteiger partial charge in [-0.15, -0.1) is 11.3 Å². The summed E-state index contributed by atoms with van der Waals surface area (Å²) < 4.78 is 60.3. The molecule has 0 aliphatic rings. The molecule has 0 aliphatic heterocycles. The fraction of sp³-hybridized carbons (Fsp3) is 0.412. The average molecular weight is 433 g/mol. The van der Waals surface area contributed by atoms with Gasteiger partial charge in [0, 0.05) is 13.1 Å². The quantitative estimate of drug-likeness (QED) is 0.656. The molecule has 0 aliphatic carbocycles. The number of nitrogens with one attached hydrogen (secondary N) is 1. The zero-order valence-electron chi connectivity index (χ0n) is 15.7. The van der Waals surface area contributed by atoms with Gasteiger partial charge in [-0.25, -0.2) is 16.8 Å². The van der Waals surface area contributed by atoms with E-state index in [1.165, 1.54) is 28.6 Å². The van der Waals surface area contributed by atoms with Crippen LogP contribution in [0.2, 0.25) is 0 Å². The minimum Gasteiger partial charge on any atom is -0.489 e. The molecule has 0 amide bonds. The van der Waals surface area contributed by atoms with Crippen LogP contribution >= 0.6 is 11.3 Å². The summed E-state index contributed by atoms with van der Waals surface area (Å²) in [6, 6.07) is 7.31. The number of hydrogen-bond donors (Lipinski definition) is 1. The molecule has 1 aromatic heterocycles. The number of benzene rings is 1. The molecule has 7 nitrogen and oxygen atoms in total. The first kappa shape index (κ1) is 21.7. The van der Waals surface area contributed by atoms with Crippen molar-refractivity contribution in [3.63, 3.8) is 0 Å². The first-order valence-corrected chi connectivity index (χ1v) is 12.3. The van der Waals surface area contributed by atoms with Crippen molar-refractivity contribution >= 4 is 37.1 Å². The standard InChI is InChI=1S/C17H24N2O5S3/c1-5-19(6-2)27(22,23)14-9-10-16(24-13(3)4)15(12-14)18-26(20,21)17-8-7-11-25-17/h7-13,18H,5-6H2,1-4H3. The molecule has 0 unspecified atom stereocenters. The number of rotatable bonds is 9. The number of thiophene rings is 1. The van der Waals surface area contributed by atoms with Crippen LogP contribution in [0.3, 0.4) is 0 Å². The lowest BCUT2D eigenvalue weighted by molar-refractivity contribution is 0.243. The van der Waals surface area contributed by atoms with Gasteiger partial charge < -0.3 is 4.74 Å². The van der Waals surface area contributed by atoms with E-state index in [0.29, 0.717) is 13.1 Å². The van der Waals surface area contributed by atoms with Crippen molar-refractivity contribution in [1.29, 1.82) is 0 Å². The van der Waals surface area contributed by atoms with Crippen LogP contribution in [0.15, 0.2) is 44.8 Å². The first-order chi connectivity index (χ1) is 12.6. The third kappa shape index (κ3) is 5.01. The van der Waals surface area contributed by atoms with Crippen molar-refractivity contribution in [3.8, 4) is 5.75 Å². The summed E-state index contributed by atoms with van der Waals surface area (Å²) in [4.78, 5) is 0.00573. The Labute approximate surface area is 165 Å². The molecule has 1 N–H and O–H groups in total. The van der Waals surface area contributed by atoms with Crippen molar-refractivity contribution in [2.45, 2.75) is 42.9 Å². The van der Waals surface area contributed by atoms with E-state index >= 15 is 0 Å². The second kappa shape index (κ2) is 8.59. The van der Waals surface area contributed by atoms with E-state index in [4.69, 9.17) is 4.74 Å². The smallest absolute Gasteiger partial charge is 0.271 e. The maximum Gasteiger partial charge on any atom is 0.271 e. The number of nitrogens with zero attached hydrogens (tertiary/aromatic N) is 1. The number of sulfonamides is 2. The summed E-state index contributed by atoms with van der Waals surface area (Å²) in [5.74, 6) is 0.267. The van der Waals surface area contributed by atoms with Crippen LogP contribution in [0.4, 0.5) is 5.69 Å². The van der Waals surface area contributed by atoms with Crippen molar-refractivity contribution in [1.82, 2.24) is 4.31 Å². The maximum atomic E-state index is 12.8. The molecule has 0 spiro atoms. The fourth-order valence-electron chi connectivity index (χ4n) is 2.43. The SMILES string of the molecule is CCN(CC)S(=O)(=O)c1ccc(OC(C)C)c(NS(=O)(=O)c2cccs2)c1. The van der Waals surface area contributed by atoms with E-state index in [-0.39, 0.29) is 26.6 Å². The Kier molecular flexibility index (Phi) is 6.90. The van der Waals surface area contributed by atoms with Gasteiger partial charge in [-0.1, -0.05) is 19.9 Å². The molecule has 2 aromatic rings. The number of ether oxygens (including phenoxy) is 1. The highest BCUT2D eigenvalue weighted by atomic mass is 32.2. The molecule has 1 heterocycles. The summed E-state index contributed by atoms with van der Waals surface area (Å²) >= 11 is 1.07. The second-order valence-electron chi connectivity index (χ2n) is 5.95. The van der Waals surface area contributed by atoms with Crippen LogP contribution in [0, 0.1) is 0 Å². The average Bonchev–Trinajstić information content (AvgIpc) is 3.12. The number of hydrogen-bond acceptors (Lipinski definition) is 6. The summed E-state index contributed by atoms with van der Waals surface area (Å²) in [5, 5.41) is 1.65. The highest BCUT2D eigenvalue weighted by molar-refractivity contribution is 7.94. The van der Waals surface area contributed by atoms with Gasteiger partial charge in [0.05, 0.1) is 16.7 Å². The van der Waals surface area contributed by atoms with Crippen LogP contribution in [0.5, 0.6) is 5.75 Å². The van der Waals surface area contributed by atoms with Gasteiger partial charge in [0.25, 0.3) is 10.0 Å². The van der Waals surface area contributed by atoms with Crippen molar-refractivity contribution in [2.24, 2.45) is 0 Å². The van der Waals surface area contributed by atoms with E-state index in [9.17, 15) is 16.8 Å². The third-order valence-electron chi connectivity index (χ3n) is 3.66. The zero-order chi connectivity index (χ0) is 20.2. The lowest BCUT2D eigenvalue weighted by Gasteiger charge is -2.20. The van der Waals surface area contributed by atoms with Crippen LogP contribution in [-0.2, 0) is 20.0 Å². The third-order valence-corrected chi connectivity index (χ3v) is 8.47. The molecule has 0 fully saturated rings. The largest absolute Gasteiger partial charge is 0.489 e. The van der Waals surface area contributed by atoms with Gasteiger partial charge in [0.1, 0.15) is 9.96 Å². The van der Waals surface area contributed by atoms with E-state index in [0.717, 1.165) is 11.3 Å². The minimum absolute atomic E-state index is 0.00573. The van der Waals surface area contributed by atoms with Gasteiger partial charge in [-0.2, -0.15) is 4.31 Å². The minimum atomic E-state index is -3.84. The van der Waals surface area contributed by atoms with Crippen LogP contribution in [0.1, 0.15) is 27.7 Å². The topological polar surface area (TPSA) is 92.8 Å².